The normalized spacial score (nSPS) is 10.8. The van der Waals surface area contributed by atoms with Crippen molar-refractivity contribution in [3.63, 3.8) is 0 Å². The summed E-state index contributed by atoms with van der Waals surface area (Å²) in [6.45, 7) is 0. The van der Waals surface area contributed by atoms with Crippen molar-refractivity contribution in [3.05, 3.63) is 57.3 Å². The molecule has 106 valence electrons. The largest absolute Gasteiger partial charge is 0.496 e. The predicted octanol–water partition coefficient (Wildman–Crippen LogP) is 3.70. The van der Waals surface area contributed by atoms with Crippen LogP contribution >= 0.6 is 15.9 Å². The van der Waals surface area contributed by atoms with E-state index in [1.165, 1.54) is 12.1 Å². The maximum Gasteiger partial charge on any atom is 0.271 e. The van der Waals surface area contributed by atoms with E-state index in [4.69, 9.17) is 4.74 Å². The van der Waals surface area contributed by atoms with E-state index in [1.54, 1.807) is 24.1 Å². The Morgan fingerprint density at radius 3 is 2.76 bits per heavy atom. The lowest BCUT2D eigenvalue weighted by atomic mass is 10.2. The van der Waals surface area contributed by atoms with Gasteiger partial charge in [-0.25, -0.2) is 4.98 Å². The Hall–Kier alpha value is -2.41. The molecule has 0 unspecified atom stereocenters. The molecule has 0 spiro atoms. The zero-order chi connectivity index (χ0) is 15.0. The summed E-state index contributed by atoms with van der Waals surface area (Å²) >= 11 is 3.43. The molecule has 1 aromatic heterocycles. The van der Waals surface area contributed by atoms with Gasteiger partial charge in [0.1, 0.15) is 12.1 Å². The van der Waals surface area contributed by atoms with E-state index in [1.807, 2.05) is 18.2 Å². The van der Waals surface area contributed by atoms with Gasteiger partial charge < -0.3 is 4.74 Å². The summed E-state index contributed by atoms with van der Waals surface area (Å²) in [5.74, 6) is 0.717. The molecule has 6 nitrogen and oxygen atoms in total. The van der Waals surface area contributed by atoms with E-state index in [0.717, 1.165) is 10.2 Å². The zero-order valence-corrected chi connectivity index (χ0v) is 12.6. The molecule has 0 aliphatic carbocycles. The van der Waals surface area contributed by atoms with Gasteiger partial charge in [0.05, 0.1) is 27.5 Å². The number of hydrogen-bond donors (Lipinski definition) is 0. The Kier molecular flexibility index (Phi) is 3.34. The number of nitro groups is 1. The van der Waals surface area contributed by atoms with Crippen molar-refractivity contribution in [3.8, 4) is 11.4 Å². The molecule has 0 amide bonds. The van der Waals surface area contributed by atoms with Crippen LogP contribution in [0.1, 0.15) is 0 Å². The van der Waals surface area contributed by atoms with E-state index in [2.05, 4.69) is 20.9 Å². The summed E-state index contributed by atoms with van der Waals surface area (Å²) in [4.78, 5) is 14.7. The molecule has 0 bridgehead atoms. The van der Waals surface area contributed by atoms with E-state index in [9.17, 15) is 10.1 Å². The van der Waals surface area contributed by atoms with Crippen molar-refractivity contribution in [1.82, 2.24) is 9.55 Å². The Labute approximate surface area is 128 Å². The van der Waals surface area contributed by atoms with E-state index < -0.39 is 4.92 Å². The van der Waals surface area contributed by atoms with Crippen LogP contribution in [0.4, 0.5) is 5.69 Å². The lowest BCUT2D eigenvalue weighted by Gasteiger charge is -2.08. The number of nitro benzene ring substituents is 1. The highest BCUT2D eigenvalue weighted by molar-refractivity contribution is 9.10. The number of fused-ring (bicyclic) bond motifs is 1. The third-order valence-electron chi connectivity index (χ3n) is 3.16. The number of methoxy groups -OCH3 is 1. The van der Waals surface area contributed by atoms with Gasteiger partial charge in [-0.3, -0.25) is 14.7 Å². The summed E-state index contributed by atoms with van der Waals surface area (Å²) < 4.78 is 7.79. The van der Waals surface area contributed by atoms with Gasteiger partial charge in [0.2, 0.25) is 0 Å². The molecule has 0 fully saturated rings. The number of hydrogen-bond acceptors (Lipinski definition) is 4. The lowest BCUT2D eigenvalue weighted by Crippen LogP contribution is -1.94. The van der Waals surface area contributed by atoms with Crippen molar-refractivity contribution in [2.45, 2.75) is 0 Å². The van der Waals surface area contributed by atoms with Gasteiger partial charge in [-0.05, 0) is 40.2 Å². The Balaban J connectivity index is 2.18. The average Bonchev–Trinajstić information content (AvgIpc) is 2.90. The maximum absolute atomic E-state index is 10.9. The number of rotatable bonds is 3. The summed E-state index contributed by atoms with van der Waals surface area (Å²) in [6, 6.07) is 10.2. The number of benzene rings is 2. The fourth-order valence-electron chi connectivity index (χ4n) is 2.12. The monoisotopic (exact) mass is 347 g/mol. The van der Waals surface area contributed by atoms with Gasteiger partial charge in [0, 0.05) is 17.8 Å². The smallest absolute Gasteiger partial charge is 0.271 e. The first kappa shape index (κ1) is 13.6. The minimum atomic E-state index is -0.416. The molecule has 21 heavy (non-hydrogen) atoms. The molecule has 0 saturated carbocycles. The SMILES string of the molecule is COc1ccc(-n2cnc3ccc([N+](=O)[O-])cc32)cc1Br. The van der Waals surface area contributed by atoms with E-state index in [-0.39, 0.29) is 5.69 Å². The number of halogens is 1. The minimum absolute atomic E-state index is 0.0387. The summed E-state index contributed by atoms with van der Waals surface area (Å²) in [6.07, 6.45) is 1.64. The van der Waals surface area contributed by atoms with Gasteiger partial charge in [0.25, 0.3) is 5.69 Å². The molecule has 3 rings (SSSR count). The predicted molar refractivity (Wildman–Crippen MR) is 82.0 cm³/mol. The van der Waals surface area contributed by atoms with Crippen molar-refractivity contribution in [1.29, 1.82) is 0 Å². The highest BCUT2D eigenvalue weighted by atomic mass is 79.9. The molecule has 0 N–H and O–H groups in total. The number of aromatic nitrogens is 2. The number of ether oxygens (including phenoxy) is 1. The maximum atomic E-state index is 10.9. The fourth-order valence-corrected chi connectivity index (χ4v) is 2.65. The van der Waals surface area contributed by atoms with Gasteiger partial charge in [-0.15, -0.1) is 0 Å². The number of imidazole rings is 1. The van der Waals surface area contributed by atoms with Crippen LogP contribution < -0.4 is 4.74 Å². The average molecular weight is 348 g/mol. The van der Waals surface area contributed by atoms with Gasteiger partial charge in [0.15, 0.2) is 0 Å². The second-order valence-electron chi connectivity index (χ2n) is 4.36. The Morgan fingerprint density at radius 1 is 1.29 bits per heavy atom. The van der Waals surface area contributed by atoms with Crippen LogP contribution in [0.15, 0.2) is 47.2 Å². The fraction of sp³-hybridized carbons (Fsp3) is 0.0714. The van der Waals surface area contributed by atoms with Crippen LogP contribution in [-0.2, 0) is 0 Å². The summed E-state index contributed by atoms with van der Waals surface area (Å²) in [5, 5.41) is 10.9. The van der Waals surface area contributed by atoms with Gasteiger partial charge in [-0.2, -0.15) is 0 Å². The molecule has 0 aliphatic rings. The highest BCUT2D eigenvalue weighted by Gasteiger charge is 2.12. The molecule has 3 aromatic rings. The molecule has 2 aromatic carbocycles. The summed E-state index contributed by atoms with van der Waals surface area (Å²) in [7, 11) is 1.59. The Morgan fingerprint density at radius 2 is 2.10 bits per heavy atom. The zero-order valence-electron chi connectivity index (χ0n) is 11.0. The van der Waals surface area contributed by atoms with Crippen molar-refractivity contribution >= 4 is 32.7 Å². The standard InChI is InChI=1S/C14H10BrN3O3/c1-21-14-5-3-9(6-11(14)15)17-8-16-12-4-2-10(18(19)20)7-13(12)17/h2-8H,1H3. The van der Waals surface area contributed by atoms with Gasteiger partial charge >= 0.3 is 0 Å². The van der Waals surface area contributed by atoms with Crippen molar-refractivity contribution in [2.75, 3.05) is 7.11 Å². The molecule has 0 atom stereocenters. The van der Waals surface area contributed by atoms with Crippen LogP contribution in [-0.4, -0.2) is 21.6 Å². The second-order valence-corrected chi connectivity index (χ2v) is 5.22. The van der Waals surface area contributed by atoms with Crippen LogP contribution in [0.3, 0.4) is 0 Å². The van der Waals surface area contributed by atoms with Gasteiger partial charge in [-0.1, -0.05) is 0 Å². The molecule has 0 radical (unpaired) electrons. The first-order valence-corrected chi connectivity index (χ1v) is 6.85. The molecule has 7 heteroatoms. The van der Waals surface area contributed by atoms with Crippen molar-refractivity contribution in [2.24, 2.45) is 0 Å². The van der Waals surface area contributed by atoms with Crippen LogP contribution in [0, 0.1) is 10.1 Å². The highest BCUT2D eigenvalue weighted by Crippen LogP contribution is 2.29. The quantitative estimate of drug-likeness (QED) is 0.534. The lowest BCUT2D eigenvalue weighted by molar-refractivity contribution is -0.384. The van der Waals surface area contributed by atoms with Crippen LogP contribution in [0.5, 0.6) is 5.75 Å². The molecule has 1 heterocycles. The summed E-state index contributed by atoms with van der Waals surface area (Å²) in [5.41, 5.74) is 2.26. The van der Waals surface area contributed by atoms with Crippen LogP contribution in [0.2, 0.25) is 0 Å². The molecule has 0 saturated heterocycles. The third kappa shape index (κ3) is 2.36. The van der Waals surface area contributed by atoms with Crippen LogP contribution in [0.25, 0.3) is 16.7 Å². The Bertz CT molecular complexity index is 845. The third-order valence-corrected chi connectivity index (χ3v) is 3.77. The first-order valence-electron chi connectivity index (χ1n) is 6.05. The first-order chi connectivity index (χ1) is 10.1. The second kappa shape index (κ2) is 5.17. The van der Waals surface area contributed by atoms with E-state index >= 15 is 0 Å². The topological polar surface area (TPSA) is 70.2 Å². The molecular formula is C14H10BrN3O3. The van der Waals surface area contributed by atoms with Crippen molar-refractivity contribution < 1.29 is 9.66 Å². The number of nitrogens with zero attached hydrogens (tertiary/aromatic N) is 3. The number of non-ortho nitro benzene ring substituents is 1. The molecular weight excluding hydrogens is 338 g/mol. The van der Waals surface area contributed by atoms with E-state index in [0.29, 0.717) is 16.8 Å². The minimum Gasteiger partial charge on any atom is -0.496 e. The molecule has 0 aliphatic heterocycles.